The highest BCUT2D eigenvalue weighted by molar-refractivity contribution is 9.11. The number of hydrogen-bond donors (Lipinski definition) is 2. The molecule has 0 aliphatic carbocycles. The predicted octanol–water partition coefficient (Wildman–Crippen LogP) is 4.24. The Labute approximate surface area is 141 Å². The van der Waals surface area contributed by atoms with Crippen molar-refractivity contribution in [2.45, 2.75) is 33.2 Å². The van der Waals surface area contributed by atoms with Crippen LogP contribution in [0.25, 0.3) is 0 Å². The molecule has 0 bridgehead atoms. The summed E-state index contributed by atoms with van der Waals surface area (Å²) in [6.45, 7) is 5.82. The normalized spacial score (nSPS) is 10.6. The number of amides is 2. The average Bonchev–Trinajstić information content (AvgIpc) is 2.33. The minimum Gasteiger partial charge on any atom is -0.481 e. The Morgan fingerprint density at radius 1 is 1.29 bits per heavy atom. The number of halogens is 2. The number of rotatable bonds is 5. The molecule has 1 rings (SSSR count). The van der Waals surface area contributed by atoms with Crippen molar-refractivity contribution < 1.29 is 14.7 Å². The van der Waals surface area contributed by atoms with Crippen molar-refractivity contribution in [2.75, 3.05) is 11.9 Å². The van der Waals surface area contributed by atoms with Crippen LogP contribution in [0, 0.1) is 6.92 Å². The number of hydrogen-bond acceptors (Lipinski definition) is 2. The first-order chi connectivity index (χ1) is 9.72. The Morgan fingerprint density at radius 2 is 1.81 bits per heavy atom. The van der Waals surface area contributed by atoms with Gasteiger partial charge in [-0.1, -0.05) is 0 Å². The Hall–Kier alpha value is -1.08. The maximum Gasteiger partial charge on any atom is 0.322 e. The van der Waals surface area contributed by atoms with Gasteiger partial charge in [0.15, 0.2) is 0 Å². The largest absolute Gasteiger partial charge is 0.481 e. The molecule has 2 N–H and O–H groups in total. The summed E-state index contributed by atoms with van der Waals surface area (Å²) in [6, 6.07) is 3.39. The minimum atomic E-state index is -0.925. The van der Waals surface area contributed by atoms with Gasteiger partial charge in [0.25, 0.3) is 0 Å². The molecule has 0 saturated heterocycles. The van der Waals surface area contributed by atoms with Crippen LogP contribution in [-0.2, 0) is 4.79 Å². The predicted molar refractivity (Wildman–Crippen MR) is 89.7 cm³/mol. The summed E-state index contributed by atoms with van der Waals surface area (Å²) in [5, 5.41) is 11.6. The van der Waals surface area contributed by atoms with Gasteiger partial charge in [-0.05, 0) is 70.3 Å². The number of anilines is 1. The van der Waals surface area contributed by atoms with Gasteiger partial charge in [-0.25, -0.2) is 4.79 Å². The van der Waals surface area contributed by atoms with Crippen LogP contribution in [-0.4, -0.2) is 34.6 Å². The van der Waals surface area contributed by atoms with Crippen molar-refractivity contribution in [3.63, 3.8) is 0 Å². The molecular weight excluding hydrogens is 404 g/mol. The molecule has 0 heterocycles. The summed E-state index contributed by atoms with van der Waals surface area (Å²) in [5.41, 5.74) is 1.69. The molecule has 0 radical (unpaired) electrons. The summed E-state index contributed by atoms with van der Waals surface area (Å²) in [4.78, 5) is 24.5. The van der Waals surface area contributed by atoms with E-state index in [-0.39, 0.29) is 25.0 Å². The van der Waals surface area contributed by atoms with Gasteiger partial charge in [0.1, 0.15) is 0 Å². The first-order valence-electron chi connectivity index (χ1n) is 6.47. The van der Waals surface area contributed by atoms with Crippen LogP contribution < -0.4 is 5.32 Å². The zero-order valence-corrected chi connectivity index (χ0v) is 15.3. The van der Waals surface area contributed by atoms with E-state index in [0.717, 1.165) is 14.5 Å². The fourth-order valence-electron chi connectivity index (χ4n) is 1.81. The molecule has 116 valence electrons. The second-order valence-corrected chi connectivity index (χ2v) is 6.67. The number of carboxylic acid groups (broad SMARTS) is 1. The highest BCUT2D eigenvalue weighted by Gasteiger charge is 2.19. The van der Waals surface area contributed by atoms with Crippen LogP contribution in [0.4, 0.5) is 10.5 Å². The second-order valence-electron chi connectivity index (χ2n) is 4.96. The lowest BCUT2D eigenvalue weighted by Crippen LogP contribution is -2.41. The van der Waals surface area contributed by atoms with Crippen molar-refractivity contribution >= 4 is 49.5 Å². The van der Waals surface area contributed by atoms with Crippen LogP contribution in [0.2, 0.25) is 0 Å². The van der Waals surface area contributed by atoms with E-state index in [0.29, 0.717) is 5.69 Å². The van der Waals surface area contributed by atoms with Crippen molar-refractivity contribution in [1.82, 2.24) is 4.90 Å². The number of urea groups is 1. The van der Waals surface area contributed by atoms with E-state index in [9.17, 15) is 9.59 Å². The monoisotopic (exact) mass is 420 g/mol. The number of carboxylic acids is 1. The Balaban J connectivity index is 2.89. The van der Waals surface area contributed by atoms with Gasteiger partial charge in [-0.2, -0.15) is 0 Å². The van der Waals surface area contributed by atoms with Crippen molar-refractivity contribution in [3.8, 4) is 0 Å². The van der Waals surface area contributed by atoms with Crippen LogP contribution in [0.1, 0.15) is 25.8 Å². The van der Waals surface area contributed by atoms with E-state index in [1.54, 1.807) is 0 Å². The lowest BCUT2D eigenvalue weighted by Gasteiger charge is -2.27. The highest BCUT2D eigenvalue weighted by Crippen LogP contribution is 2.32. The molecule has 5 nitrogen and oxygen atoms in total. The molecule has 7 heteroatoms. The number of benzene rings is 1. The summed E-state index contributed by atoms with van der Waals surface area (Å²) >= 11 is 6.83. The molecule has 0 aliphatic heterocycles. The zero-order chi connectivity index (χ0) is 16.2. The van der Waals surface area contributed by atoms with Gasteiger partial charge in [0.05, 0.1) is 12.1 Å². The molecule has 0 atom stereocenters. The number of nitrogens with zero attached hydrogens (tertiary/aromatic N) is 1. The van der Waals surface area contributed by atoms with Gasteiger partial charge in [0, 0.05) is 21.5 Å². The maximum atomic E-state index is 12.3. The van der Waals surface area contributed by atoms with Crippen LogP contribution in [0.3, 0.4) is 0 Å². The SMILES string of the molecule is Cc1cc(Br)c(NC(=O)N(CCC(=O)O)C(C)C)c(Br)c1. The van der Waals surface area contributed by atoms with E-state index in [1.165, 1.54) is 4.90 Å². The summed E-state index contributed by atoms with van der Waals surface area (Å²) < 4.78 is 1.54. The van der Waals surface area contributed by atoms with Gasteiger partial charge in [0.2, 0.25) is 0 Å². The van der Waals surface area contributed by atoms with Gasteiger partial charge >= 0.3 is 12.0 Å². The summed E-state index contributed by atoms with van der Waals surface area (Å²) in [7, 11) is 0. The summed E-state index contributed by atoms with van der Waals surface area (Å²) in [5.74, 6) is -0.925. The van der Waals surface area contributed by atoms with Crippen LogP contribution in [0.5, 0.6) is 0 Å². The Morgan fingerprint density at radius 3 is 2.24 bits per heavy atom. The lowest BCUT2D eigenvalue weighted by atomic mass is 10.2. The highest BCUT2D eigenvalue weighted by atomic mass is 79.9. The molecule has 0 saturated carbocycles. The fraction of sp³-hybridized carbons (Fsp3) is 0.429. The molecule has 1 aromatic carbocycles. The van der Waals surface area contributed by atoms with E-state index in [1.807, 2.05) is 32.9 Å². The number of aryl methyl sites for hydroxylation is 1. The first-order valence-corrected chi connectivity index (χ1v) is 8.06. The van der Waals surface area contributed by atoms with Crippen molar-refractivity contribution in [2.24, 2.45) is 0 Å². The minimum absolute atomic E-state index is 0.0815. The molecule has 0 spiro atoms. The molecule has 0 aromatic heterocycles. The topological polar surface area (TPSA) is 69.6 Å². The maximum absolute atomic E-state index is 12.3. The van der Waals surface area contributed by atoms with Crippen LogP contribution >= 0.6 is 31.9 Å². The molecule has 1 aromatic rings. The van der Waals surface area contributed by atoms with Gasteiger partial charge in [-0.3, -0.25) is 4.79 Å². The second kappa shape index (κ2) is 7.79. The lowest BCUT2D eigenvalue weighted by molar-refractivity contribution is -0.137. The number of carbonyl (C=O) groups excluding carboxylic acids is 1. The van der Waals surface area contributed by atoms with Crippen molar-refractivity contribution in [3.05, 3.63) is 26.6 Å². The third-order valence-electron chi connectivity index (χ3n) is 2.87. The molecule has 0 aliphatic rings. The van der Waals surface area contributed by atoms with E-state index >= 15 is 0 Å². The van der Waals surface area contributed by atoms with Gasteiger partial charge < -0.3 is 15.3 Å². The standard InChI is InChI=1S/C14H18Br2N2O3/c1-8(2)18(5-4-12(19)20)14(21)17-13-10(15)6-9(3)7-11(13)16/h6-8H,4-5H2,1-3H3,(H,17,21)(H,19,20). The molecule has 2 amide bonds. The first kappa shape index (κ1) is 18.0. The molecule has 0 unspecified atom stereocenters. The van der Waals surface area contributed by atoms with E-state index < -0.39 is 5.97 Å². The summed E-state index contributed by atoms with van der Waals surface area (Å²) in [6.07, 6.45) is -0.0815. The van der Waals surface area contributed by atoms with Crippen molar-refractivity contribution in [1.29, 1.82) is 0 Å². The molecule has 0 fully saturated rings. The van der Waals surface area contributed by atoms with E-state index in [4.69, 9.17) is 5.11 Å². The van der Waals surface area contributed by atoms with E-state index in [2.05, 4.69) is 37.2 Å². The number of aliphatic carboxylic acids is 1. The number of carbonyl (C=O) groups is 2. The average molecular weight is 422 g/mol. The Bertz CT molecular complexity index is 524. The smallest absolute Gasteiger partial charge is 0.322 e. The third-order valence-corrected chi connectivity index (χ3v) is 4.12. The quantitative estimate of drug-likeness (QED) is 0.746. The van der Waals surface area contributed by atoms with Gasteiger partial charge in [-0.15, -0.1) is 0 Å². The third kappa shape index (κ3) is 5.32. The molecule has 21 heavy (non-hydrogen) atoms. The zero-order valence-electron chi connectivity index (χ0n) is 12.1. The van der Waals surface area contributed by atoms with Crippen LogP contribution in [0.15, 0.2) is 21.1 Å². The molecular formula is C14H18Br2N2O3. The Kier molecular flexibility index (Phi) is 6.67. The number of nitrogens with one attached hydrogen (secondary N) is 1. The fourth-order valence-corrected chi connectivity index (χ4v) is 3.42.